The molecule has 1 aromatic heterocycles. The zero-order valence-corrected chi connectivity index (χ0v) is 11.4. The van der Waals surface area contributed by atoms with Crippen molar-refractivity contribution in [3.05, 3.63) is 32.1 Å². The van der Waals surface area contributed by atoms with Crippen molar-refractivity contribution in [1.29, 1.82) is 0 Å². The highest BCUT2D eigenvalue weighted by atomic mass is 16.5. The fraction of sp³-hybridized carbons (Fsp3) is 0.500. The Morgan fingerprint density at radius 1 is 1.20 bits per heavy atom. The molecule has 0 aromatic carbocycles. The maximum atomic E-state index is 11.5. The van der Waals surface area contributed by atoms with Crippen molar-refractivity contribution in [2.45, 2.75) is 26.2 Å². The van der Waals surface area contributed by atoms with Crippen LogP contribution in [0.2, 0.25) is 0 Å². The van der Waals surface area contributed by atoms with E-state index in [9.17, 15) is 19.2 Å². The van der Waals surface area contributed by atoms with Gasteiger partial charge >= 0.3 is 11.7 Å². The predicted molar refractivity (Wildman–Crippen MR) is 70.4 cm³/mol. The van der Waals surface area contributed by atoms with Crippen LogP contribution in [0.15, 0.2) is 9.59 Å². The highest BCUT2D eigenvalue weighted by molar-refractivity contribution is 5.77. The van der Waals surface area contributed by atoms with E-state index in [4.69, 9.17) is 0 Å². The maximum Gasteiger partial charge on any atom is 0.325 e. The molecule has 1 amide bonds. The molecule has 3 N–H and O–H groups in total. The van der Waals surface area contributed by atoms with Crippen molar-refractivity contribution in [3.63, 3.8) is 0 Å². The summed E-state index contributed by atoms with van der Waals surface area (Å²) in [4.78, 5) is 49.5. The van der Waals surface area contributed by atoms with Crippen LogP contribution >= 0.6 is 0 Å². The number of hydrogen-bond acceptors (Lipinski definition) is 5. The summed E-state index contributed by atoms with van der Waals surface area (Å²) >= 11 is 0. The molecule has 0 bridgehead atoms. The monoisotopic (exact) mass is 283 g/mol. The van der Waals surface area contributed by atoms with Crippen molar-refractivity contribution in [1.82, 2.24) is 15.3 Å². The highest BCUT2D eigenvalue weighted by Crippen LogP contribution is 1.99. The first kappa shape index (κ1) is 15.7. The van der Waals surface area contributed by atoms with Crippen LogP contribution < -0.4 is 16.6 Å². The van der Waals surface area contributed by atoms with Crippen LogP contribution in [-0.4, -0.2) is 35.5 Å². The molecule has 110 valence electrons. The number of aromatic nitrogens is 2. The summed E-state index contributed by atoms with van der Waals surface area (Å²) in [6.45, 7) is 1.79. The molecule has 8 heteroatoms. The molecule has 0 fully saturated rings. The average Bonchev–Trinajstić information content (AvgIpc) is 2.37. The number of aryl methyl sites for hydroxylation is 1. The Kier molecular flexibility index (Phi) is 5.70. The Bertz CT molecular complexity index is 602. The van der Waals surface area contributed by atoms with Gasteiger partial charge in [-0.3, -0.25) is 19.4 Å². The first-order chi connectivity index (χ1) is 9.43. The molecular weight excluding hydrogens is 266 g/mol. The second-order valence-corrected chi connectivity index (χ2v) is 4.19. The van der Waals surface area contributed by atoms with E-state index in [1.807, 2.05) is 0 Å². The second-order valence-electron chi connectivity index (χ2n) is 4.19. The normalized spacial score (nSPS) is 10.1. The maximum absolute atomic E-state index is 11.5. The molecular formula is C12H17N3O5. The van der Waals surface area contributed by atoms with E-state index in [0.717, 1.165) is 0 Å². The van der Waals surface area contributed by atoms with Crippen molar-refractivity contribution in [2.75, 3.05) is 13.7 Å². The van der Waals surface area contributed by atoms with Gasteiger partial charge in [-0.1, -0.05) is 0 Å². The van der Waals surface area contributed by atoms with E-state index in [1.54, 1.807) is 6.92 Å². The lowest BCUT2D eigenvalue weighted by molar-refractivity contribution is -0.140. The number of rotatable bonds is 6. The number of carbonyl (C=O) groups is 2. The number of hydrogen-bond donors (Lipinski definition) is 3. The average molecular weight is 283 g/mol. The van der Waals surface area contributed by atoms with Gasteiger partial charge in [-0.2, -0.15) is 0 Å². The third kappa shape index (κ3) is 4.71. The van der Waals surface area contributed by atoms with E-state index >= 15 is 0 Å². The number of amides is 1. The predicted octanol–water partition coefficient (Wildman–Crippen LogP) is -1.02. The molecule has 1 aromatic rings. The largest absolute Gasteiger partial charge is 0.469 e. The number of aromatic amines is 2. The number of esters is 1. The SMILES string of the molecule is COC(=O)CCNC(=O)CCc1c(C)[nH]c(=O)[nH]c1=O. The molecule has 0 aliphatic heterocycles. The molecule has 0 aliphatic carbocycles. The van der Waals surface area contributed by atoms with E-state index in [0.29, 0.717) is 11.3 Å². The summed E-state index contributed by atoms with van der Waals surface area (Å²) in [6, 6.07) is 0. The topological polar surface area (TPSA) is 121 Å². The molecule has 0 atom stereocenters. The Morgan fingerprint density at radius 3 is 2.50 bits per heavy atom. The highest BCUT2D eigenvalue weighted by Gasteiger charge is 2.09. The fourth-order valence-electron chi connectivity index (χ4n) is 1.66. The molecule has 0 saturated carbocycles. The summed E-state index contributed by atoms with van der Waals surface area (Å²) in [5.74, 6) is -0.683. The minimum absolute atomic E-state index is 0.0944. The zero-order valence-electron chi connectivity index (χ0n) is 11.4. The lowest BCUT2D eigenvalue weighted by Gasteiger charge is -2.05. The lowest BCUT2D eigenvalue weighted by atomic mass is 10.1. The third-order valence-electron chi connectivity index (χ3n) is 2.74. The minimum atomic E-state index is -0.571. The Morgan fingerprint density at radius 2 is 1.90 bits per heavy atom. The number of H-pyrrole nitrogens is 2. The molecule has 0 aliphatic rings. The van der Waals surface area contributed by atoms with E-state index in [1.165, 1.54) is 7.11 Å². The summed E-state index contributed by atoms with van der Waals surface area (Å²) in [5, 5.41) is 2.54. The van der Waals surface area contributed by atoms with Gasteiger partial charge < -0.3 is 15.0 Å². The number of nitrogens with one attached hydrogen (secondary N) is 3. The van der Waals surface area contributed by atoms with Gasteiger partial charge in [0.1, 0.15) is 0 Å². The van der Waals surface area contributed by atoms with Crippen LogP contribution in [-0.2, 0) is 20.7 Å². The van der Waals surface area contributed by atoms with Gasteiger partial charge in [0, 0.05) is 24.2 Å². The van der Waals surface area contributed by atoms with Gasteiger partial charge in [-0.05, 0) is 13.3 Å². The number of methoxy groups -OCH3 is 1. The van der Waals surface area contributed by atoms with E-state index in [2.05, 4.69) is 20.0 Å². The van der Waals surface area contributed by atoms with Crippen LogP contribution in [0.5, 0.6) is 0 Å². The Hall–Kier alpha value is -2.38. The molecule has 0 spiro atoms. The smallest absolute Gasteiger partial charge is 0.325 e. The van der Waals surface area contributed by atoms with Crippen molar-refractivity contribution in [3.8, 4) is 0 Å². The molecule has 0 unspecified atom stereocenters. The molecule has 1 heterocycles. The fourth-order valence-corrected chi connectivity index (χ4v) is 1.66. The van der Waals surface area contributed by atoms with Crippen LogP contribution in [0, 0.1) is 6.92 Å². The van der Waals surface area contributed by atoms with Crippen molar-refractivity contribution >= 4 is 11.9 Å². The second kappa shape index (κ2) is 7.27. The van der Waals surface area contributed by atoms with Crippen LogP contribution in [0.25, 0.3) is 0 Å². The lowest BCUT2D eigenvalue weighted by Crippen LogP contribution is -2.30. The minimum Gasteiger partial charge on any atom is -0.469 e. The van der Waals surface area contributed by atoms with E-state index < -0.39 is 17.2 Å². The van der Waals surface area contributed by atoms with Gasteiger partial charge in [-0.25, -0.2) is 4.79 Å². The zero-order chi connectivity index (χ0) is 15.1. The molecule has 0 saturated heterocycles. The summed E-state index contributed by atoms with van der Waals surface area (Å²) in [6.07, 6.45) is 0.402. The van der Waals surface area contributed by atoms with Gasteiger partial charge in [0.25, 0.3) is 5.56 Å². The number of carbonyl (C=O) groups excluding carboxylic acids is 2. The van der Waals surface area contributed by atoms with Crippen molar-refractivity contribution in [2.24, 2.45) is 0 Å². The van der Waals surface area contributed by atoms with Crippen molar-refractivity contribution < 1.29 is 14.3 Å². The van der Waals surface area contributed by atoms with Gasteiger partial charge in [0.05, 0.1) is 13.5 Å². The van der Waals surface area contributed by atoms with Crippen LogP contribution in [0.4, 0.5) is 0 Å². The number of ether oxygens (including phenoxy) is 1. The summed E-state index contributed by atoms with van der Waals surface area (Å²) < 4.78 is 4.43. The van der Waals surface area contributed by atoms with Crippen LogP contribution in [0.1, 0.15) is 24.1 Å². The standard InChI is InChI=1S/C12H17N3O5/c1-7-8(11(18)15-12(19)14-7)3-4-9(16)13-6-5-10(17)20-2/h3-6H2,1-2H3,(H,13,16)(H2,14,15,18,19). The molecule has 1 rings (SSSR count). The Balaban J connectivity index is 2.48. The first-order valence-corrected chi connectivity index (χ1v) is 6.09. The third-order valence-corrected chi connectivity index (χ3v) is 2.74. The quantitative estimate of drug-likeness (QED) is 0.577. The summed E-state index contributed by atoms with van der Waals surface area (Å²) in [7, 11) is 1.27. The van der Waals surface area contributed by atoms with Gasteiger partial charge in [0.15, 0.2) is 0 Å². The van der Waals surface area contributed by atoms with Crippen LogP contribution in [0.3, 0.4) is 0 Å². The van der Waals surface area contributed by atoms with Gasteiger partial charge in [0.2, 0.25) is 5.91 Å². The van der Waals surface area contributed by atoms with Gasteiger partial charge in [-0.15, -0.1) is 0 Å². The first-order valence-electron chi connectivity index (χ1n) is 6.09. The summed E-state index contributed by atoms with van der Waals surface area (Å²) in [5.41, 5.74) is -0.249. The molecule has 0 radical (unpaired) electrons. The van der Waals surface area contributed by atoms with E-state index in [-0.39, 0.29) is 31.7 Å². The Labute approximate surface area is 114 Å². The molecule has 20 heavy (non-hydrogen) atoms. The molecule has 8 nitrogen and oxygen atoms in total.